The molecular weight excluding hydrogens is 226 g/mol. The van der Waals surface area contributed by atoms with Gasteiger partial charge in [-0.25, -0.2) is 0 Å². The van der Waals surface area contributed by atoms with Crippen molar-refractivity contribution in [2.24, 2.45) is 0 Å². The van der Waals surface area contributed by atoms with Crippen molar-refractivity contribution in [3.8, 4) is 0 Å². The number of hydrogen-bond donors (Lipinski definition) is 1. The minimum absolute atomic E-state index is 0.247. The van der Waals surface area contributed by atoms with Crippen LogP contribution in [0.1, 0.15) is 30.9 Å². The highest BCUT2D eigenvalue weighted by Gasteiger charge is 2.29. The number of methoxy groups -OCH3 is 2. The maximum Gasteiger partial charge on any atom is 0.0724 e. The van der Waals surface area contributed by atoms with Crippen LogP contribution in [0.2, 0.25) is 0 Å². The molecule has 0 saturated heterocycles. The van der Waals surface area contributed by atoms with Crippen LogP contribution in [0, 0.1) is 0 Å². The summed E-state index contributed by atoms with van der Waals surface area (Å²) < 4.78 is 10.9. The molecule has 1 aliphatic carbocycles. The number of benzene rings is 1. The van der Waals surface area contributed by atoms with Crippen LogP contribution in [0.25, 0.3) is 0 Å². The van der Waals surface area contributed by atoms with E-state index in [2.05, 4.69) is 29.6 Å². The molecule has 0 aromatic heterocycles. The SMILES string of the molecule is COCC(NC1CCCC1OC)c1ccccc1. The van der Waals surface area contributed by atoms with Gasteiger partial charge in [-0.2, -0.15) is 0 Å². The molecule has 1 fully saturated rings. The van der Waals surface area contributed by atoms with E-state index in [0.717, 1.165) is 6.42 Å². The first-order valence-corrected chi connectivity index (χ1v) is 6.68. The highest BCUT2D eigenvalue weighted by Crippen LogP contribution is 2.24. The van der Waals surface area contributed by atoms with Gasteiger partial charge in [-0.1, -0.05) is 30.3 Å². The van der Waals surface area contributed by atoms with E-state index < -0.39 is 0 Å². The zero-order valence-electron chi connectivity index (χ0n) is 11.3. The van der Waals surface area contributed by atoms with Gasteiger partial charge in [-0.15, -0.1) is 0 Å². The molecule has 1 aromatic rings. The average Bonchev–Trinajstić information content (AvgIpc) is 2.86. The summed E-state index contributed by atoms with van der Waals surface area (Å²) in [4.78, 5) is 0. The molecule has 0 radical (unpaired) electrons. The van der Waals surface area contributed by atoms with Gasteiger partial charge in [0, 0.05) is 20.3 Å². The maximum absolute atomic E-state index is 5.54. The van der Waals surface area contributed by atoms with Gasteiger partial charge in [0.1, 0.15) is 0 Å². The second kappa shape index (κ2) is 6.88. The van der Waals surface area contributed by atoms with E-state index >= 15 is 0 Å². The molecule has 0 heterocycles. The Kier molecular flexibility index (Phi) is 5.17. The Balaban J connectivity index is 2.02. The molecule has 1 aromatic carbocycles. The van der Waals surface area contributed by atoms with E-state index in [4.69, 9.17) is 9.47 Å². The predicted octanol–water partition coefficient (Wildman–Crippen LogP) is 2.53. The minimum atomic E-state index is 0.247. The van der Waals surface area contributed by atoms with Gasteiger partial charge in [0.25, 0.3) is 0 Å². The second-order valence-electron chi connectivity index (χ2n) is 4.90. The van der Waals surface area contributed by atoms with E-state index in [-0.39, 0.29) is 6.04 Å². The van der Waals surface area contributed by atoms with Crippen LogP contribution in [0.5, 0.6) is 0 Å². The Labute approximate surface area is 109 Å². The van der Waals surface area contributed by atoms with E-state index in [9.17, 15) is 0 Å². The van der Waals surface area contributed by atoms with E-state index in [1.165, 1.54) is 18.4 Å². The molecule has 0 bridgehead atoms. The monoisotopic (exact) mass is 249 g/mol. The van der Waals surface area contributed by atoms with Crippen LogP contribution < -0.4 is 5.32 Å². The largest absolute Gasteiger partial charge is 0.383 e. The van der Waals surface area contributed by atoms with Gasteiger partial charge < -0.3 is 14.8 Å². The van der Waals surface area contributed by atoms with Gasteiger partial charge in [0.2, 0.25) is 0 Å². The third-order valence-electron chi connectivity index (χ3n) is 3.71. The summed E-state index contributed by atoms with van der Waals surface area (Å²) in [5.74, 6) is 0. The number of hydrogen-bond acceptors (Lipinski definition) is 3. The van der Waals surface area contributed by atoms with Gasteiger partial charge in [0.15, 0.2) is 0 Å². The molecule has 0 aliphatic heterocycles. The predicted molar refractivity (Wildman–Crippen MR) is 72.6 cm³/mol. The first-order valence-electron chi connectivity index (χ1n) is 6.68. The fraction of sp³-hybridized carbons (Fsp3) is 0.600. The molecule has 100 valence electrons. The summed E-state index contributed by atoms with van der Waals surface area (Å²) in [5, 5.41) is 3.68. The highest BCUT2D eigenvalue weighted by molar-refractivity contribution is 5.19. The minimum Gasteiger partial charge on any atom is -0.383 e. The van der Waals surface area contributed by atoms with Crippen molar-refractivity contribution in [2.75, 3.05) is 20.8 Å². The number of ether oxygens (including phenoxy) is 2. The lowest BCUT2D eigenvalue weighted by atomic mass is 10.1. The fourth-order valence-electron chi connectivity index (χ4n) is 2.75. The normalized spacial score (nSPS) is 25.2. The van der Waals surface area contributed by atoms with Crippen molar-refractivity contribution in [2.45, 2.75) is 37.5 Å². The van der Waals surface area contributed by atoms with Crippen LogP contribution >= 0.6 is 0 Å². The van der Waals surface area contributed by atoms with Gasteiger partial charge in [0.05, 0.1) is 18.8 Å². The van der Waals surface area contributed by atoms with E-state index in [1.54, 1.807) is 14.2 Å². The van der Waals surface area contributed by atoms with Crippen molar-refractivity contribution >= 4 is 0 Å². The standard InChI is InChI=1S/C15H23NO2/c1-17-11-14(12-7-4-3-5-8-12)16-13-9-6-10-15(13)18-2/h3-5,7-8,13-16H,6,9-11H2,1-2H3. The van der Waals surface area contributed by atoms with E-state index in [1.807, 2.05) is 6.07 Å². The third kappa shape index (κ3) is 3.31. The molecule has 1 N–H and O–H groups in total. The van der Waals surface area contributed by atoms with Crippen molar-refractivity contribution in [3.63, 3.8) is 0 Å². The molecule has 0 amide bonds. The first kappa shape index (κ1) is 13.5. The molecule has 0 spiro atoms. The highest BCUT2D eigenvalue weighted by atomic mass is 16.5. The zero-order valence-corrected chi connectivity index (χ0v) is 11.3. The lowest BCUT2D eigenvalue weighted by Crippen LogP contribution is -2.40. The average molecular weight is 249 g/mol. The lowest BCUT2D eigenvalue weighted by molar-refractivity contribution is 0.0732. The first-order chi connectivity index (χ1) is 8.85. The molecule has 3 heteroatoms. The summed E-state index contributed by atoms with van der Waals surface area (Å²) in [6.45, 7) is 0.691. The van der Waals surface area contributed by atoms with Crippen LogP contribution in [0.3, 0.4) is 0 Å². The van der Waals surface area contributed by atoms with Crippen molar-refractivity contribution < 1.29 is 9.47 Å². The maximum atomic E-state index is 5.54. The Hall–Kier alpha value is -0.900. The van der Waals surface area contributed by atoms with Gasteiger partial charge in [-0.3, -0.25) is 0 Å². The third-order valence-corrected chi connectivity index (χ3v) is 3.71. The molecule has 3 unspecified atom stereocenters. The van der Waals surface area contributed by atoms with Gasteiger partial charge >= 0.3 is 0 Å². The van der Waals surface area contributed by atoms with Crippen molar-refractivity contribution in [3.05, 3.63) is 35.9 Å². The quantitative estimate of drug-likeness (QED) is 0.840. The Morgan fingerprint density at radius 1 is 1.22 bits per heavy atom. The fourth-order valence-corrected chi connectivity index (χ4v) is 2.75. The van der Waals surface area contributed by atoms with Crippen molar-refractivity contribution in [1.82, 2.24) is 5.32 Å². The Bertz CT molecular complexity index is 342. The zero-order chi connectivity index (χ0) is 12.8. The number of nitrogens with one attached hydrogen (secondary N) is 1. The van der Waals surface area contributed by atoms with Gasteiger partial charge in [-0.05, 0) is 24.8 Å². The molecule has 3 atom stereocenters. The lowest BCUT2D eigenvalue weighted by Gasteiger charge is -2.26. The summed E-state index contributed by atoms with van der Waals surface area (Å²) >= 11 is 0. The molecule has 2 rings (SSSR count). The van der Waals surface area contributed by atoms with Crippen LogP contribution in [0.4, 0.5) is 0 Å². The summed E-state index contributed by atoms with van der Waals surface area (Å²) in [6, 6.07) is 11.2. The van der Waals surface area contributed by atoms with Crippen LogP contribution in [0.15, 0.2) is 30.3 Å². The number of rotatable bonds is 6. The summed E-state index contributed by atoms with van der Waals surface area (Å²) in [5.41, 5.74) is 1.28. The van der Waals surface area contributed by atoms with Crippen LogP contribution in [-0.2, 0) is 9.47 Å². The molecule has 18 heavy (non-hydrogen) atoms. The second-order valence-corrected chi connectivity index (χ2v) is 4.90. The molecule has 1 aliphatic rings. The van der Waals surface area contributed by atoms with Crippen LogP contribution in [-0.4, -0.2) is 33.0 Å². The smallest absolute Gasteiger partial charge is 0.0724 e. The van der Waals surface area contributed by atoms with Crippen molar-refractivity contribution in [1.29, 1.82) is 0 Å². The Morgan fingerprint density at radius 3 is 2.67 bits per heavy atom. The summed E-state index contributed by atoms with van der Waals surface area (Å²) in [6.07, 6.45) is 3.92. The Morgan fingerprint density at radius 2 is 2.00 bits per heavy atom. The topological polar surface area (TPSA) is 30.5 Å². The molecule has 3 nitrogen and oxygen atoms in total. The molecule has 1 saturated carbocycles. The van der Waals surface area contributed by atoms with E-state index in [0.29, 0.717) is 18.8 Å². The molecular formula is C15H23NO2. The summed E-state index contributed by atoms with van der Waals surface area (Å²) in [7, 11) is 3.55.